The van der Waals surface area contributed by atoms with Gasteiger partial charge in [-0.25, -0.2) is 0 Å². The Bertz CT molecular complexity index is 123. The molecule has 0 fully saturated rings. The minimum absolute atomic E-state index is 0.929. The van der Waals surface area contributed by atoms with E-state index in [-0.39, 0.29) is 0 Å². The molecule has 0 N–H and O–H groups in total. The first kappa shape index (κ1) is 14.8. The maximum absolute atomic E-state index is 5.87. The van der Waals surface area contributed by atoms with Gasteiger partial charge in [0, 0.05) is 0 Å². The van der Waals surface area contributed by atoms with Gasteiger partial charge in [0.05, 0.1) is 0 Å². The third-order valence-electron chi connectivity index (χ3n) is 2.67. The number of unbranched alkanes of at least 4 members (excludes halogenated alkanes) is 5. The molecule has 0 rings (SSSR count). The molecule has 0 saturated carbocycles. The summed E-state index contributed by atoms with van der Waals surface area (Å²) in [6.07, 6.45) is 8.46. The Hall–Kier alpha value is 0.759. The van der Waals surface area contributed by atoms with E-state index in [1.807, 2.05) is 0 Å². The van der Waals surface area contributed by atoms with E-state index in [1.165, 1.54) is 43.0 Å². The predicted molar refractivity (Wildman–Crippen MR) is 67.3 cm³/mol. The van der Waals surface area contributed by atoms with Crippen molar-refractivity contribution in [3.63, 3.8) is 0 Å². The van der Waals surface area contributed by atoms with Crippen LogP contribution < -0.4 is 0 Å². The zero-order valence-electron chi connectivity index (χ0n) is 10.6. The molecule has 0 saturated heterocycles. The molecule has 2 heteroatoms. The van der Waals surface area contributed by atoms with E-state index in [0.717, 1.165) is 6.61 Å². The average Bonchev–Trinajstić information content (AvgIpc) is 2.11. The molecule has 0 amide bonds. The molecule has 0 radical (unpaired) electrons. The average molecular weight is 307 g/mol. The van der Waals surface area contributed by atoms with Crippen LogP contribution in [0.5, 0.6) is 0 Å². The Balaban J connectivity index is 3.26. The van der Waals surface area contributed by atoms with Gasteiger partial charge in [-0.15, -0.1) is 0 Å². The van der Waals surface area contributed by atoms with Gasteiger partial charge in [-0.1, -0.05) is 0 Å². The first-order valence-electron chi connectivity index (χ1n) is 6.26. The van der Waals surface area contributed by atoms with E-state index in [0.29, 0.717) is 0 Å². The third kappa shape index (κ3) is 9.32. The fraction of sp³-hybridized carbons (Fsp3) is 1.00. The Morgan fingerprint density at radius 1 is 0.857 bits per heavy atom. The Morgan fingerprint density at radius 2 is 1.43 bits per heavy atom. The van der Waals surface area contributed by atoms with Gasteiger partial charge in [-0.2, -0.15) is 0 Å². The standard InChI is InChI=1S/C8H17.C2H5O.2CH3.Sn/c1-3-5-7-8-6-4-2;1-2-3;;;/h1,3-8H2,2H3;2H2,1H3;2*1H3;/q;-1;;;+1. The van der Waals surface area contributed by atoms with Crippen LogP contribution in [-0.2, 0) is 3.07 Å². The van der Waals surface area contributed by atoms with E-state index < -0.39 is 18.8 Å². The van der Waals surface area contributed by atoms with Gasteiger partial charge < -0.3 is 0 Å². The molecule has 0 aliphatic heterocycles. The van der Waals surface area contributed by atoms with Crippen molar-refractivity contribution >= 4 is 18.8 Å². The van der Waals surface area contributed by atoms with Crippen LogP contribution in [0.2, 0.25) is 14.3 Å². The second-order valence-electron chi connectivity index (χ2n) is 4.71. The summed E-state index contributed by atoms with van der Waals surface area (Å²) < 4.78 is 7.28. The van der Waals surface area contributed by atoms with Gasteiger partial charge in [0.1, 0.15) is 0 Å². The van der Waals surface area contributed by atoms with E-state index >= 15 is 0 Å². The molecule has 0 atom stereocenters. The van der Waals surface area contributed by atoms with Crippen LogP contribution in [0.15, 0.2) is 0 Å². The van der Waals surface area contributed by atoms with Crippen molar-refractivity contribution < 1.29 is 3.07 Å². The van der Waals surface area contributed by atoms with Gasteiger partial charge in [0.25, 0.3) is 0 Å². The molecule has 0 spiro atoms. The predicted octanol–water partition coefficient (Wildman–Crippen LogP) is 4.59. The van der Waals surface area contributed by atoms with Crippen LogP contribution in [-0.4, -0.2) is 25.4 Å². The monoisotopic (exact) mass is 308 g/mol. The SMILES string of the molecule is CCCCCCC[CH2][Sn]([CH3])([CH3])[O]CC. The first-order valence-corrected chi connectivity index (χ1v) is 15.2. The topological polar surface area (TPSA) is 9.23 Å². The van der Waals surface area contributed by atoms with Crippen LogP contribution >= 0.6 is 0 Å². The van der Waals surface area contributed by atoms with Crippen LogP contribution in [0.1, 0.15) is 52.4 Å². The summed E-state index contributed by atoms with van der Waals surface area (Å²) in [5.41, 5.74) is 0. The summed E-state index contributed by atoms with van der Waals surface area (Å²) in [6, 6.07) is 0. The van der Waals surface area contributed by atoms with Crippen molar-refractivity contribution in [1.82, 2.24) is 0 Å². The zero-order valence-corrected chi connectivity index (χ0v) is 13.4. The summed E-state index contributed by atoms with van der Waals surface area (Å²) in [4.78, 5) is 4.81. The van der Waals surface area contributed by atoms with Crippen LogP contribution in [0.3, 0.4) is 0 Å². The molecule has 0 aromatic heterocycles. The maximum atomic E-state index is 5.87. The minimum atomic E-state index is -1.97. The molecule has 1 nitrogen and oxygen atoms in total. The van der Waals surface area contributed by atoms with E-state index in [9.17, 15) is 0 Å². The van der Waals surface area contributed by atoms with Crippen LogP contribution in [0.4, 0.5) is 0 Å². The summed E-state index contributed by atoms with van der Waals surface area (Å²) in [7, 11) is 0. The van der Waals surface area contributed by atoms with Gasteiger partial charge in [0.2, 0.25) is 0 Å². The first-order chi connectivity index (χ1) is 6.62. The molecular weight excluding hydrogens is 279 g/mol. The fourth-order valence-corrected chi connectivity index (χ4v) is 7.58. The van der Waals surface area contributed by atoms with E-state index in [2.05, 4.69) is 23.7 Å². The molecule has 0 heterocycles. The zero-order chi connectivity index (χ0) is 10.9. The van der Waals surface area contributed by atoms with Gasteiger partial charge in [-0.05, 0) is 0 Å². The molecule has 0 aliphatic rings. The van der Waals surface area contributed by atoms with Crippen LogP contribution in [0.25, 0.3) is 0 Å². The number of rotatable bonds is 9. The molecule has 0 aromatic carbocycles. The molecule has 0 bridgehead atoms. The molecule has 0 aliphatic carbocycles. The second-order valence-corrected chi connectivity index (χ2v) is 17.0. The summed E-state index contributed by atoms with van der Waals surface area (Å²) in [5.74, 6) is 0. The quantitative estimate of drug-likeness (QED) is 0.447. The van der Waals surface area contributed by atoms with Gasteiger partial charge >= 0.3 is 95.2 Å². The Morgan fingerprint density at radius 3 is 2.00 bits per heavy atom. The molecular formula is C12H28OSn. The van der Waals surface area contributed by atoms with Gasteiger partial charge in [0.15, 0.2) is 0 Å². The molecule has 14 heavy (non-hydrogen) atoms. The molecule has 0 aromatic rings. The molecule has 86 valence electrons. The Kier molecular flexibility index (Phi) is 9.51. The van der Waals surface area contributed by atoms with Crippen molar-refractivity contribution in [2.75, 3.05) is 6.61 Å². The van der Waals surface area contributed by atoms with Crippen molar-refractivity contribution in [2.24, 2.45) is 0 Å². The summed E-state index contributed by atoms with van der Waals surface area (Å²) in [5, 5.41) is 0. The van der Waals surface area contributed by atoms with Crippen molar-refractivity contribution in [3.8, 4) is 0 Å². The Labute approximate surface area is 95.0 Å². The van der Waals surface area contributed by atoms with Crippen molar-refractivity contribution in [2.45, 2.75) is 66.7 Å². The third-order valence-corrected chi connectivity index (χ3v) is 10.2. The number of hydrogen-bond acceptors (Lipinski definition) is 1. The van der Waals surface area contributed by atoms with E-state index in [1.54, 1.807) is 0 Å². The van der Waals surface area contributed by atoms with Crippen molar-refractivity contribution in [1.29, 1.82) is 0 Å². The summed E-state index contributed by atoms with van der Waals surface area (Å²) >= 11 is -1.97. The second kappa shape index (κ2) is 9.02. The summed E-state index contributed by atoms with van der Waals surface area (Å²) in [6.45, 7) is 5.33. The number of hydrogen-bond donors (Lipinski definition) is 0. The normalized spacial score (nSPS) is 12.0. The molecule has 0 unspecified atom stereocenters. The van der Waals surface area contributed by atoms with Crippen molar-refractivity contribution in [3.05, 3.63) is 0 Å². The van der Waals surface area contributed by atoms with E-state index in [4.69, 9.17) is 3.07 Å². The van der Waals surface area contributed by atoms with Crippen LogP contribution in [0, 0.1) is 0 Å². The fourth-order valence-electron chi connectivity index (χ4n) is 1.79. The van der Waals surface area contributed by atoms with Gasteiger partial charge in [-0.3, -0.25) is 0 Å².